The predicted octanol–water partition coefficient (Wildman–Crippen LogP) is 1.65. The highest BCUT2D eigenvalue weighted by Gasteiger charge is 1.99. The zero-order valence-electron chi connectivity index (χ0n) is 11.5. The summed E-state index contributed by atoms with van der Waals surface area (Å²) in [6.07, 6.45) is 2.77. The molecule has 0 fully saturated rings. The summed E-state index contributed by atoms with van der Waals surface area (Å²) in [5.41, 5.74) is 2.41. The highest BCUT2D eigenvalue weighted by Crippen LogP contribution is 2.11. The third-order valence-electron chi connectivity index (χ3n) is 3.04. The molecular formula is C15H18N4O. The number of aryl methyl sites for hydroxylation is 1. The van der Waals surface area contributed by atoms with E-state index in [4.69, 9.17) is 10.00 Å². The van der Waals surface area contributed by atoms with Gasteiger partial charge < -0.3 is 10.1 Å². The number of nitrogens with zero attached hydrogens (tertiary/aromatic N) is 3. The Bertz CT molecular complexity index is 568. The van der Waals surface area contributed by atoms with Crippen LogP contribution in [0.15, 0.2) is 36.5 Å². The van der Waals surface area contributed by atoms with E-state index in [0.29, 0.717) is 0 Å². The molecule has 2 aromatic rings. The molecule has 0 bridgehead atoms. The Kier molecular flexibility index (Phi) is 5.15. The molecule has 1 N–H and O–H groups in total. The molecule has 0 saturated heterocycles. The van der Waals surface area contributed by atoms with Gasteiger partial charge >= 0.3 is 0 Å². The fraction of sp³-hybridized carbons (Fsp3) is 0.333. The molecule has 0 saturated carbocycles. The van der Waals surface area contributed by atoms with Crippen LogP contribution in [0.2, 0.25) is 0 Å². The molecule has 0 spiro atoms. The third kappa shape index (κ3) is 4.11. The number of hydrogen-bond donors (Lipinski definition) is 1. The summed E-state index contributed by atoms with van der Waals surface area (Å²) >= 11 is 0. The maximum atomic E-state index is 8.43. The van der Waals surface area contributed by atoms with Gasteiger partial charge in [0.05, 0.1) is 0 Å². The van der Waals surface area contributed by atoms with Gasteiger partial charge in [0.15, 0.2) is 6.61 Å². The van der Waals surface area contributed by atoms with Gasteiger partial charge in [0, 0.05) is 38.4 Å². The van der Waals surface area contributed by atoms with Crippen LogP contribution in [0.25, 0.3) is 0 Å². The summed E-state index contributed by atoms with van der Waals surface area (Å²) in [7, 11) is 1.95. The Morgan fingerprint density at radius 1 is 1.30 bits per heavy atom. The maximum Gasteiger partial charge on any atom is 0.174 e. The fourth-order valence-electron chi connectivity index (χ4n) is 1.91. The molecule has 5 heteroatoms. The second-order valence-corrected chi connectivity index (χ2v) is 4.46. The first-order valence-corrected chi connectivity index (χ1v) is 6.56. The molecule has 0 amide bonds. The van der Waals surface area contributed by atoms with Gasteiger partial charge in [-0.3, -0.25) is 4.68 Å². The van der Waals surface area contributed by atoms with E-state index < -0.39 is 0 Å². The van der Waals surface area contributed by atoms with E-state index in [0.717, 1.165) is 25.3 Å². The lowest BCUT2D eigenvalue weighted by molar-refractivity contribution is 0.368. The summed E-state index contributed by atoms with van der Waals surface area (Å²) in [6, 6.07) is 11.8. The van der Waals surface area contributed by atoms with Crippen molar-refractivity contribution in [2.45, 2.75) is 13.0 Å². The molecule has 0 radical (unpaired) electrons. The van der Waals surface area contributed by atoms with E-state index in [1.54, 1.807) is 0 Å². The van der Waals surface area contributed by atoms with Crippen molar-refractivity contribution in [3.05, 3.63) is 47.8 Å². The standard InChI is InChI=1S/C15H18N4O/c1-19-14(7-10-18-19)6-9-17-12-13-2-4-15(5-3-13)20-11-8-16/h2-5,7,10,17H,6,9,11-12H2,1H3. The van der Waals surface area contributed by atoms with Crippen molar-refractivity contribution >= 4 is 0 Å². The first-order chi connectivity index (χ1) is 9.79. The molecule has 1 aromatic heterocycles. The van der Waals surface area contributed by atoms with Crippen LogP contribution in [0.5, 0.6) is 5.75 Å². The Morgan fingerprint density at radius 2 is 2.10 bits per heavy atom. The molecule has 1 heterocycles. The van der Waals surface area contributed by atoms with Crippen LogP contribution in [-0.2, 0) is 20.0 Å². The smallest absolute Gasteiger partial charge is 0.174 e. The number of aromatic nitrogens is 2. The largest absolute Gasteiger partial charge is 0.479 e. The van der Waals surface area contributed by atoms with Crippen LogP contribution < -0.4 is 10.1 Å². The minimum absolute atomic E-state index is 0.0856. The fourth-order valence-corrected chi connectivity index (χ4v) is 1.91. The highest BCUT2D eigenvalue weighted by atomic mass is 16.5. The molecule has 104 valence electrons. The van der Waals surface area contributed by atoms with Crippen LogP contribution in [0.3, 0.4) is 0 Å². The molecule has 20 heavy (non-hydrogen) atoms. The van der Waals surface area contributed by atoms with Gasteiger partial charge in [0.25, 0.3) is 0 Å². The zero-order valence-corrected chi connectivity index (χ0v) is 11.5. The maximum absolute atomic E-state index is 8.43. The van der Waals surface area contributed by atoms with Gasteiger partial charge in [-0.25, -0.2) is 0 Å². The normalized spacial score (nSPS) is 10.2. The van der Waals surface area contributed by atoms with E-state index in [-0.39, 0.29) is 6.61 Å². The van der Waals surface area contributed by atoms with Crippen LogP contribution in [0.4, 0.5) is 0 Å². The van der Waals surface area contributed by atoms with Gasteiger partial charge in [-0.15, -0.1) is 0 Å². The lowest BCUT2D eigenvalue weighted by atomic mass is 10.2. The van der Waals surface area contributed by atoms with Crippen molar-refractivity contribution in [3.63, 3.8) is 0 Å². The molecule has 0 atom stereocenters. The third-order valence-corrected chi connectivity index (χ3v) is 3.04. The molecule has 0 aliphatic heterocycles. The van der Waals surface area contributed by atoms with Crippen molar-refractivity contribution in [2.75, 3.05) is 13.2 Å². The van der Waals surface area contributed by atoms with Gasteiger partial charge in [-0.2, -0.15) is 10.4 Å². The van der Waals surface area contributed by atoms with Gasteiger partial charge in [-0.1, -0.05) is 12.1 Å². The topological polar surface area (TPSA) is 62.9 Å². The van der Waals surface area contributed by atoms with Gasteiger partial charge in [-0.05, 0) is 23.8 Å². The second kappa shape index (κ2) is 7.31. The van der Waals surface area contributed by atoms with Crippen LogP contribution in [0, 0.1) is 11.3 Å². The van der Waals surface area contributed by atoms with Crippen LogP contribution in [-0.4, -0.2) is 22.9 Å². The van der Waals surface area contributed by atoms with Crippen molar-refractivity contribution in [1.82, 2.24) is 15.1 Å². The van der Waals surface area contributed by atoms with Crippen LogP contribution >= 0.6 is 0 Å². The molecule has 0 unspecified atom stereocenters. The summed E-state index contributed by atoms with van der Waals surface area (Å²) in [5, 5.41) is 16.0. The number of benzene rings is 1. The molecule has 1 aromatic carbocycles. The average Bonchev–Trinajstić information content (AvgIpc) is 2.88. The average molecular weight is 270 g/mol. The van der Waals surface area contributed by atoms with Gasteiger partial charge in [0.1, 0.15) is 11.8 Å². The lowest BCUT2D eigenvalue weighted by Crippen LogP contribution is -2.17. The van der Waals surface area contributed by atoms with E-state index in [9.17, 15) is 0 Å². The van der Waals surface area contributed by atoms with Crippen molar-refractivity contribution in [1.29, 1.82) is 5.26 Å². The SMILES string of the molecule is Cn1nccc1CCNCc1ccc(OCC#N)cc1. The van der Waals surface area contributed by atoms with Crippen molar-refractivity contribution in [2.24, 2.45) is 7.05 Å². The molecular weight excluding hydrogens is 252 g/mol. The van der Waals surface area contributed by atoms with E-state index in [1.165, 1.54) is 11.3 Å². The Morgan fingerprint density at radius 3 is 2.75 bits per heavy atom. The molecule has 0 aliphatic carbocycles. The molecule has 2 rings (SSSR count). The highest BCUT2D eigenvalue weighted by molar-refractivity contribution is 5.27. The first-order valence-electron chi connectivity index (χ1n) is 6.56. The van der Waals surface area contributed by atoms with Crippen molar-refractivity contribution < 1.29 is 4.74 Å². The first kappa shape index (κ1) is 14.1. The van der Waals surface area contributed by atoms with E-state index in [1.807, 2.05) is 54.3 Å². The number of nitrogens with one attached hydrogen (secondary N) is 1. The van der Waals surface area contributed by atoms with E-state index in [2.05, 4.69) is 10.4 Å². The summed E-state index contributed by atoms with van der Waals surface area (Å²) in [6.45, 7) is 1.81. The minimum atomic E-state index is 0.0856. The number of rotatable bonds is 7. The Hall–Kier alpha value is -2.32. The van der Waals surface area contributed by atoms with Crippen molar-refractivity contribution in [3.8, 4) is 11.8 Å². The Balaban J connectivity index is 1.71. The Labute approximate surface area is 118 Å². The monoisotopic (exact) mass is 270 g/mol. The van der Waals surface area contributed by atoms with Crippen LogP contribution in [0.1, 0.15) is 11.3 Å². The quantitative estimate of drug-likeness (QED) is 0.777. The summed E-state index contributed by atoms with van der Waals surface area (Å²) < 4.78 is 7.10. The minimum Gasteiger partial charge on any atom is -0.479 e. The molecule has 5 nitrogen and oxygen atoms in total. The van der Waals surface area contributed by atoms with Gasteiger partial charge in [0.2, 0.25) is 0 Å². The van der Waals surface area contributed by atoms with E-state index >= 15 is 0 Å². The number of nitriles is 1. The summed E-state index contributed by atoms with van der Waals surface area (Å²) in [4.78, 5) is 0. The number of hydrogen-bond acceptors (Lipinski definition) is 4. The summed E-state index contributed by atoms with van der Waals surface area (Å²) in [5.74, 6) is 0.727. The zero-order chi connectivity index (χ0) is 14.2. The number of ether oxygens (including phenoxy) is 1. The molecule has 0 aliphatic rings. The predicted molar refractivity (Wildman–Crippen MR) is 76.2 cm³/mol. The second-order valence-electron chi connectivity index (χ2n) is 4.46. The lowest BCUT2D eigenvalue weighted by Gasteiger charge is -2.06.